The van der Waals surface area contributed by atoms with E-state index in [0.29, 0.717) is 5.54 Å². The summed E-state index contributed by atoms with van der Waals surface area (Å²) < 4.78 is 5.51. The number of hydrogen-bond acceptors (Lipinski definition) is 2. The van der Waals surface area contributed by atoms with Crippen molar-refractivity contribution in [3.8, 4) is 0 Å². The van der Waals surface area contributed by atoms with Gasteiger partial charge in [-0.1, -0.05) is 65.2 Å². The Morgan fingerprint density at radius 2 is 1.59 bits per heavy atom. The first-order chi connectivity index (χ1) is 8.33. The van der Waals surface area contributed by atoms with E-state index in [-0.39, 0.29) is 0 Å². The van der Waals surface area contributed by atoms with Crippen molar-refractivity contribution < 1.29 is 4.74 Å². The highest BCUT2D eigenvalue weighted by Gasteiger charge is 2.32. The first kappa shape index (κ1) is 15.0. The molecule has 0 saturated carbocycles. The number of unbranched alkanes of at least 4 members (excludes halogenated alkanes) is 6. The van der Waals surface area contributed by atoms with Gasteiger partial charge in [-0.15, -0.1) is 0 Å². The van der Waals surface area contributed by atoms with Crippen molar-refractivity contribution in [3.05, 3.63) is 0 Å². The summed E-state index contributed by atoms with van der Waals surface area (Å²) in [6.07, 6.45) is 13.6. The molecule has 0 aliphatic carbocycles. The minimum absolute atomic E-state index is 0.318. The van der Waals surface area contributed by atoms with Crippen LogP contribution < -0.4 is 5.32 Å². The van der Waals surface area contributed by atoms with Crippen molar-refractivity contribution >= 4 is 0 Å². The van der Waals surface area contributed by atoms with Gasteiger partial charge in [-0.2, -0.15) is 0 Å². The SMILES string of the molecule is CCCCCCCCCC1(CCC)COCN1. The fourth-order valence-corrected chi connectivity index (χ4v) is 2.85. The molecule has 0 aromatic heterocycles. The van der Waals surface area contributed by atoms with E-state index in [1.165, 1.54) is 64.2 Å². The second-order valence-electron chi connectivity index (χ2n) is 5.57. The number of nitrogens with one attached hydrogen (secondary N) is 1. The first-order valence-corrected chi connectivity index (χ1v) is 7.66. The van der Waals surface area contributed by atoms with Crippen LogP contribution in [0.5, 0.6) is 0 Å². The van der Waals surface area contributed by atoms with Crippen LogP contribution in [0.25, 0.3) is 0 Å². The zero-order valence-electron chi connectivity index (χ0n) is 11.9. The molecule has 0 radical (unpaired) electrons. The third kappa shape index (κ3) is 5.87. The third-order valence-electron chi connectivity index (χ3n) is 3.92. The van der Waals surface area contributed by atoms with E-state index in [2.05, 4.69) is 19.2 Å². The van der Waals surface area contributed by atoms with Crippen LogP contribution in [0, 0.1) is 0 Å². The number of rotatable bonds is 10. The molecule has 1 unspecified atom stereocenters. The quantitative estimate of drug-likeness (QED) is 0.578. The molecule has 1 fully saturated rings. The molecular weight excluding hydrogens is 210 g/mol. The molecule has 102 valence electrons. The predicted molar refractivity (Wildman–Crippen MR) is 74.2 cm³/mol. The second kappa shape index (κ2) is 8.93. The van der Waals surface area contributed by atoms with E-state index in [1.807, 2.05) is 0 Å². The highest BCUT2D eigenvalue weighted by atomic mass is 16.5. The Morgan fingerprint density at radius 3 is 2.18 bits per heavy atom. The van der Waals surface area contributed by atoms with Gasteiger partial charge in [-0.05, 0) is 12.8 Å². The molecule has 1 atom stereocenters. The molecule has 1 N–H and O–H groups in total. The highest BCUT2D eigenvalue weighted by Crippen LogP contribution is 2.25. The Morgan fingerprint density at radius 1 is 0.882 bits per heavy atom. The van der Waals surface area contributed by atoms with Crippen LogP contribution in [0.2, 0.25) is 0 Å². The van der Waals surface area contributed by atoms with Gasteiger partial charge in [0.15, 0.2) is 0 Å². The lowest BCUT2D eigenvalue weighted by Gasteiger charge is -2.27. The molecule has 0 spiro atoms. The molecule has 0 aromatic carbocycles. The topological polar surface area (TPSA) is 21.3 Å². The van der Waals surface area contributed by atoms with Crippen molar-refractivity contribution in [2.75, 3.05) is 13.3 Å². The van der Waals surface area contributed by atoms with E-state index in [9.17, 15) is 0 Å². The summed E-state index contributed by atoms with van der Waals surface area (Å²) in [5, 5.41) is 3.56. The Hall–Kier alpha value is -0.0800. The molecule has 17 heavy (non-hydrogen) atoms. The first-order valence-electron chi connectivity index (χ1n) is 7.66. The van der Waals surface area contributed by atoms with Crippen LogP contribution in [0.3, 0.4) is 0 Å². The van der Waals surface area contributed by atoms with Crippen LogP contribution >= 0.6 is 0 Å². The zero-order valence-corrected chi connectivity index (χ0v) is 11.9. The van der Waals surface area contributed by atoms with Gasteiger partial charge in [0, 0.05) is 5.54 Å². The fraction of sp³-hybridized carbons (Fsp3) is 1.00. The Kier molecular flexibility index (Phi) is 7.87. The van der Waals surface area contributed by atoms with E-state index in [4.69, 9.17) is 4.74 Å². The van der Waals surface area contributed by atoms with Crippen molar-refractivity contribution in [1.29, 1.82) is 0 Å². The zero-order chi connectivity index (χ0) is 12.4. The summed E-state index contributed by atoms with van der Waals surface area (Å²) in [7, 11) is 0. The summed E-state index contributed by atoms with van der Waals surface area (Å²) in [4.78, 5) is 0. The molecule has 1 aliphatic rings. The summed E-state index contributed by atoms with van der Waals surface area (Å²) in [6.45, 7) is 6.24. The Labute approximate surface area is 108 Å². The van der Waals surface area contributed by atoms with Gasteiger partial charge < -0.3 is 4.74 Å². The second-order valence-corrected chi connectivity index (χ2v) is 5.57. The molecule has 1 rings (SSSR count). The van der Waals surface area contributed by atoms with Crippen LogP contribution in [0.15, 0.2) is 0 Å². The standard InChI is InChI=1S/C15H31NO/c1-3-5-6-7-8-9-10-12-15(11-4-2)13-17-14-16-15/h16H,3-14H2,1-2H3. The monoisotopic (exact) mass is 241 g/mol. The lowest BCUT2D eigenvalue weighted by molar-refractivity contribution is 0.169. The van der Waals surface area contributed by atoms with E-state index < -0.39 is 0 Å². The third-order valence-corrected chi connectivity index (χ3v) is 3.92. The van der Waals surface area contributed by atoms with Gasteiger partial charge in [-0.3, -0.25) is 5.32 Å². The molecule has 1 heterocycles. The maximum absolute atomic E-state index is 5.51. The molecule has 2 heteroatoms. The van der Waals surface area contributed by atoms with Crippen LogP contribution in [-0.2, 0) is 4.74 Å². The van der Waals surface area contributed by atoms with E-state index >= 15 is 0 Å². The van der Waals surface area contributed by atoms with Gasteiger partial charge >= 0.3 is 0 Å². The summed E-state index contributed by atoms with van der Waals surface area (Å²) in [5.74, 6) is 0. The molecule has 0 amide bonds. The van der Waals surface area contributed by atoms with Crippen LogP contribution in [0.4, 0.5) is 0 Å². The van der Waals surface area contributed by atoms with Crippen molar-refractivity contribution in [2.24, 2.45) is 0 Å². The van der Waals surface area contributed by atoms with Crippen molar-refractivity contribution in [2.45, 2.75) is 83.6 Å². The predicted octanol–water partition coefficient (Wildman–Crippen LogP) is 4.24. The van der Waals surface area contributed by atoms with E-state index in [0.717, 1.165) is 13.3 Å². The maximum atomic E-state index is 5.51. The van der Waals surface area contributed by atoms with Gasteiger partial charge in [0.25, 0.3) is 0 Å². The summed E-state index contributed by atoms with van der Waals surface area (Å²) >= 11 is 0. The Bertz CT molecular complexity index is 176. The normalized spacial score (nSPS) is 24.4. The van der Waals surface area contributed by atoms with Gasteiger partial charge in [0.2, 0.25) is 0 Å². The van der Waals surface area contributed by atoms with Crippen LogP contribution in [-0.4, -0.2) is 18.9 Å². The number of hydrogen-bond donors (Lipinski definition) is 1. The van der Waals surface area contributed by atoms with Crippen molar-refractivity contribution in [3.63, 3.8) is 0 Å². The largest absolute Gasteiger partial charge is 0.364 e. The van der Waals surface area contributed by atoms with Crippen LogP contribution in [0.1, 0.15) is 78.1 Å². The molecule has 0 aromatic rings. The van der Waals surface area contributed by atoms with Crippen molar-refractivity contribution in [1.82, 2.24) is 5.32 Å². The van der Waals surface area contributed by atoms with E-state index in [1.54, 1.807) is 0 Å². The minimum Gasteiger partial charge on any atom is -0.364 e. The minimum atomic E-state index is 0.318. The average molecular weight is 241 g/mol. The molecule has 0 bridgehead atoms. The maximum Gasteiger partial charge on any atom is 0.0971 e. The Balaban J connectivity index is 2.03. The number of ether oxygens (including phenoxy) is 1. The average Bonchev–Trinajstić information content (AvgIpc) is 2.77. The molecule has 1 aliphatic heterocycles. The van der Waals surface area contributed by atoms with Gasteiger partial charge in [0.1, 0.15) is 0 Å². The lowest BCUT2D eigenvalue weighted by Crippen LogP contribution is -2.42. The lowest BCUT2D eigenvalue weighted by atomic mass is 9.89. The van der Waals surface area contributed by atoms with Gasteiger partial charge in [-0.25, -0.2) is 0 Å². The molecular formula is C15H31NO. The smallest absolute Gasteiger partial charge is 0.0971 e. The highest BCUT2D eigenvalue weighted by molar-refractivity contribution is 4.89. The summed E-state index contributed by atoms with van der Waals surface area (Å²) in [6, 6.07) is 0. The molecule has 1 saturated heterocycles. The van der Waals surface area contributed by atoms with Gasteiger partial charge in [0.05, 0.1) is 13.3 Å². The summed E-state index contributed by atoms with van der Waals surface area (Å²) in [5.41, 5.74) is 0.318. The fourth-order valence-electron chi connectivity index (χ4n) is 2.85. The molecule has 2 nitrogen and oxygen atoms in total.